The molecule has 0 bridgehead atoms. The lowest BCUT2D eigenvalue weighted by Gasteiger charge is -2.20. The van der Waals surface area contributed by atoms with Gasteiger partial charge in [-0.25, -0.2) is 0 Å². The SMILES string of the molecule is COc1ccc(Cl)cc1CN(C)Cc1cccc(OC)c1OC. The quantitative estimate of drug-likeness (QED) is 0.765. The van der Waals surface area contributed by atoms with Crippen molar-refractivity contribution in [3.05, 3.63) is 52.5 Å². The van der Waals surface area contributed by atoms with Gasteiger partial charge in [-0.2, -0.15) is 0 Å². The van der Waals surface area contributed by atoms with Gasteiger partial charge in [-0.05, 0) is 31.3 Å². The largest absolute Gasteiger partial charge is 0.496 e. The zero-order valence-corrected chi connectivity index (χ0v) is 14.7. The monoisotopic (exact) mass is 335 g/mol. The summed E-state index contributed by atoms with van der Waals surface area (Å²) in [6, 6.07) is 11.5. The van der Waals surface area contributed by atoms with Crippen molar-refractivity contribution >= 4 is 11.6 Å². The van der Waals surface area contributed by atoms with E-state index in [4.69, 9.17) is 25.8 Å². The summed E-state index contributed by atoms with van der Waals surface area (Å²) in [6.45, 7) is 1.43. The lowest BCUT2D eigenvalue weighted by atomic mass is 10.1. The van der Waals surface area contributed by atoms with Crippen molar-refractivity contribution in [2.24, 2.45) is 0 Å². The molecule has 5 heteroatoms. The Morgan fingerprint density at radius 1 is 0.870 bits per heavy atom. The van der Waals surface area contributed by atoms with E-state index in [1.54, 1.807) is 21.3 Å². The molecule has 0 fully saturated rings. The van der Waals surface area contributed by atoms with Crippen LogP contribution in [-0.4, -0.2) is 33.3 Å². The number of halogens is 1. The summed E-state index contributed by atoms with van der Waals surface area (Å²) in [5, 5.41) is 0.702. The predicted molar refractivity (Wildman–Crippen MR) is 92.7 cm³/mol. The highest BCUT2D eigenvalue weighted by Gasteiger charge is 2.13. The summed E-state index contributed by atoms with van der Waals surface area (Å²) in [5.74, 6) is 2.33. The van der Waals surface area contributed by atoms with Gasteiger partial charge in [0.15, 0.2) is 11.5 Å². The molecule has 2 rings (SSSR count). The fraction of sp³-hybridized carbons (Fsp3) is 0.333. The normalized spacial score (nSPS) is 10.7. The maximum absolute atomic E-state index is 6.09. The van der Waals surface area contributed by atoms with Crippen molar-refractivity contribution in [1.29, 1.82) is 0 Å². The molecule has 0 spiro atoms. The van der Waals surface area contributed by atoms with Crippen LogP contribution in [0, 0.1) is 0 Å². The lowest BCUT2D eigenvalue weighted by Crippen LogP contribution is -2.18. The van der Waals surface area contributed by atoms with Gasteiger partial charge in [0.05, 0.1) is 21.3 Å². The average molecular weight is 336 g/mol. The van der Waals surface area contributed by atoms with E-state index in [2.05, 4.69) is 4.90 Å². The molecule has 0 atom stereocenters. The molecule has 2 aromatic carbocycles. The minimum absolute atomic E-state index is 0.702. The number of hydrogen-bond acceptors (Lipinski definition) is 4. The zero-order valence-electron chi connectivity index (χ0n) is 13.9. The molecule has 2 aromatic rings. The molecule has 0 aliphatic carbocycles. The molecule has 0 aliphatic heterocycles. The van der Waals surface area contributed by atoms with E-state index in [0.717, 1.165) is 34.9 Å². The Bertz CT molecular complexity index is 661. The molecule has 0 heterocycles. The predicted octanol–water partition coefficient (Wildman–Crippen LogP) is 4.00. The maximum Gasteiger partial charge on any atom is 0.165 e. The number of ether oxygens (including phenoxy) is 3. The third-order valence-corrected chi connectivity index (χ3v) is 3.84. The Morgan fingerprint density at radius 2 is 1.57 bits per heavy atom. The molecule has 0 saturated carbocycles. The number of para-hydroxylation sites is 1. The number of rotatable bonds is 7. The summed E-state index contributed by atoms with van der Waals surface area (Å²) in [4.78, 5) is 2.17. The fourth-order valence-electron chi connectivity index (χ4n) is 2.59. The molecule has 0 unspecified atom stereocenters. The first-order chi connectivity index (χ1) is 11.1. The van der Waals surface area contributed by atoms with Crippen LogP contribution in [0.15, 0.2) is 36.4 Å². The maximum atomic E-state index is 6.09. The van der Waals surface area contributed by atoms with E-state index in [0.29, 0.717) is 11.6 Å². The second kappa shape index (κ2) is 8.09. The highest BCUT2D eigenvalue weighted by atomic mass is 35.5. The van der Waals surface area contributed by atoms with Crippen LogP contribution in [0.1, 0.15) is 11.1 Å². The molecule has 124 valence electrons. The van der Waals surface area contributed by atoms with Crippen molar-refractivity contribution in [2.75, 3.05) is 28.4 Å². The van der Waals surface area contributed by atoms with Crippen molar-refractivity contribution in [3.8, 4) is 17.2 Å². The summed E-state index contributed by atoms with van der Waals surface area (Å²) in [5.41, 5.74) is 2.11. The molecule has 23 heavy (non-hydrogen) atoms. The van der Waals surface area contributed by atoms with Gasteiger partial charge in [0, 0.05) is 29.2 Å². The highest BCUT2D eigenvalue weighted by molar-refractivity contribution is 6.30. The third kappa shape index (κ3) is 4.30. The van der Waals surface area contributed by atoms with E-state index in [1.165, 1.54) is 0 Å². The first-order valence-electron chi connectivity index (χ1n) is 7.29. The van der Waals surface area contributed by atoms with Gasteiger partial charge in [-0.3, -0.25) is 4.90 Å². The van der Waals surface area contributed by atoms with Crippen LogP contribution < -0.4 is 14.2 Å². The van der Waals surface area contributed by atoms with Gasteiger partial charge in [-0.15, -0.1) is 0 Å². The van der Waals surface area contributed by atoms with Crippen molar-refractivity contribution in [3.63, 3.8) is 0 Å². The van der Waals surface area contributed by atoms with Crippen LogP contribution in [0.25, 0.3) is 0 Å². The van der Waals surface area contributed by atoms with Crippen LogP contribution in [0.3, 0.4) is 0 Å². The zero-order chi connectivity index (χ0) is 16.8. The molecule has 0 amide bonds. The van der Waals surface area contributed by atoms with Crippen molar-refractivity contribution in [1.82, 2.24) is 4.90 Å². The minimum atomic E-state index is 0.702. The molecular weight excluding hydrogens is 314 g/mol. The topological polar surface area (TPSA) is 30.9 Å². The number of nitrogens with zero attached hydrogens (tertiary/aromatic N) is 1. The standard InChI is InChI=1S/C18H22ClNO3/c1-20(12-14-10-15(19)8-9-16(14)21-2)11-13-6-5-7-17(22-3)18(13)23-4/h5-10H,11-12H2,1-4H3. The van der Waals surface area contributed by atoms with Gasteiger partial charge >= 0.3 is 0 Å². The van der Waals surface area contributed by atoms with Gasteiger partial charge in [0.1, 0.15) is 5.75 Å². The Hall–Kier alpha value is -1.91. The second-order valence-electron chi connectivity index (χ2n) is 5.28. The number of methoxy groups -OCH3 is 3. The van der Waals surface area contributed by atoms with Crippen molar-refractivity contribution < 1.29 is 14.2 Å². The molecule has 0 radical (unpaired) electrons. The van der Waals surface area contributed by atoms with E-state index in [9.17, 15) is 0 Å². The first-order valence-corrected chi connectivity index (χ1v) is 7.67. The van der Waals surface area contributed by atoms with Crippen LogP contribution in [-0.2, 0) is 13.1 Å². The summed E-state index contributed by atoms with van der Waals surface area (Å²) in [6.07, 6.45) is 0. The van der Waals surface area contributed by atoms with Gasteiger partial charge in [-0.1, -0.05) is 23.7 Å². The Labute approximate surface area is 142 Å². The molecule has 0 aromatic heterocycles. The van der Waals surface area contributed by atoms with Gasteiger partial charge < -0.3 is 14.2 Å². The molecule has 4 nitrogen and oxygen atoms in total. The third-order valence-electron chi connectivity index (χ3n) is 3.61. The minimum Gasteiger partial charge on any atom is -0.496 e. The molecule has 0 N–H and O–H groups in total. The molecule has 0 saturated heterocycles. The van der Waals surface area contributed by atoms with Crippen LogP contribution >= 0.6 is 11.6 Å². The van der Waals surface area contributed by atoms with E-state index in [1.807, 2.05) is 43.4 Å². The summed E-state index contributed by atoms with van der Waals surface area (Å²) < 4.78 is 16.2. The van der Waals surface area contributed by atoms with Crippen LogP contribution in [0.4, 0.5) is 0 Å². The summed E-state index contributed by atoms with van der Waals surface area (Å²) >= 11 is 6.09. The Kier molecular flexibility index (Phi) is 6.13. The molecular formula is C18H22ClNO3. The van der Waals surface area contributed by atoms with Gasteiger partial charge in [0.25, 0.3) is 0 Å². The first kappa shape index (κ1) is 17.4. The number of hydrogen-bond donors (Lipinski definition) is 0. The highest BCUT2D eigenvalue weighted by Crippen LogP contribution is 2.32. The fourth-order valence-corrected chi connectivity index (χ4v) is 2.78. The lowest BCUT2D eigenvalue weighted by molar-refractivity contribution is 0.297. The van der Waals surface area contributed by atoms with E-state index >= 15 is 0 Å². The Balaban J connectivity index is 2.17. The second-order valence-corrected chi connectivity index (χ2v) is 5.72. The van der Waals surface area contributed by atoms with Crippen molar-refractivity contribution in [2.45, 2.75) is 13.1 Å². The van der Waals surface area contributed by atoms with Crippen LogP contribution in [0.5, 0.6) is 17.2 Å². The van der Waals surface area contributed by atoms with Crippen LogP contribution in [0.2, 0.25) is 5.02 Å². The van der Waals surface area contributed by atoms with Gasteiger partial charge in [0.2, 0.25) is 0 Å². The summed E-state index contributed by atoms with van der Waals surface area (Å²) in [7, 11) is 7.00. The smallest absolute Gasteiger partial charge is 0.165 e. The average Bonchev–Trinajstić information content (AvgIpc) is 2.54. The molecule has 0 aliphatic rings. The number of benzene rings is 2. The van der Waals surface area contributed by atoms with E-state index < -0.39 is 0 Å². The van der Waals surface area contributed by atoms with E-state index in [-0.39, 0.29) is 0 Å². The Morgan fingerprint density at radius 3 is 2.22 bits per heavy atom.